The molecule has 0 saturated heterocycles. The SMILES string of the molecule is C/N=[SH](=O)\c1ccc(OC(F)(F)F)cc1. The Hall–Kier alpha value is -1.24. The fourth-order valence-corrected chi connectivity index (χ4v) is 1.53. The van der Waals surface area contributed by atoms with E-state index in [4.69, 9.17) is 0 Å². The normalized spacial score (nSPS) is 13.9. The van der Waals surface area contributed by atoms with Gasteiger partial charge in [-0.15, -0.1) is 13.2 Å². The zero-order chi connectivity index (χ0) is 11.5. The van der Waals surface area contributed by atoms with Crippen LogP contribution in [0.5, 0.6) is 5.75 Å². The molecule has 0 spiro atoms. The van der Waals surface area contributed by atoms with Crippen molar-refractivity contribution in [1.82, 2.24) is 0 Å². The topological polar surface area (TPSA) is 38.7 Å². The summed E-state index contributed by atoms with van der Waals surface area (Å²) >= 11 is 0. The van der Waals surface area contributed by atoms with Gasteiger partial charge >= 0.3 is 6.36 Å². The van der Waals surface area contributed by atoms with Crippen molar-refractivity contribution in [2.24, 2.45) is 4.36 Å². The van der Waals surface area contributed by atoms with Crippen molar-refractivity contribution in [3.05, 3.63) is 24.3 Å². The van der Waals surface area contributed by atoms with Gasteiger partial charge in [0.1, 0.15) is 5.75 Å². The van der Waals surface area contributed by atoms with Crippen molar-refractivity contribution in [1.29, 1.82) is 0 Å². The van der Waals surface area contributed by atoms with Gasteiger partial charge in [0.15, 0.2) is 0 Å². The van der Waals surface area contributed by atoms with Gasteiger partial charge in [0.2, 0.25) is 0 Å². The lowest BCUT2D eigenvalue weighted by atomic mass is 10.3. The van der Waals surface area contributed by atoms with Crippen LogP contribution in [-0.4, -0.2) is 17.6 Å². The molecule has 0 N–H and O–H groups in total. The van der Waals surface area contributed by atoms with Crippen LogP contribution in [0.4, 0.5) is 13.2 Å². The molecular formula is C8H8F3NO2S. The quantitative estimate of drug-likeness (QED) is 0.804. The first kappa shape index (κ1) is 11.8. The summed E-state index contributed by atoms with van der Waals surface area (Å²) in [5, 5.41) is 0. The van der Waals surface area contributed by atoms with E-state index in [0.717, 1.165) is 12.1 Å². The maximum absolute atomic E-state index is 11.8. The summed E-state index contributed by atoms with van der Waals surface area (Å²) in [4.78, 5) is 0.363. The van der Waals surface area contributed by atoms with E-state index >= 15 is 0 Å². The number of alkyl halides is 3. The maximum Gasteiger partial charge on any atom is 0.573 e. The minimum atomic E-state index is -4.71. The van der Waals surface area contributed by atoms with Crippen molar-refractivity contribution in [3.8, 4) is 5.75 Å². The van der Waals surface area contributed by atoms with Gasteiger partial charge in [-0.05, 0) is 24.3 Å². The van der Waals surface area contributed by atoms with Crippen molar-refractivity contribution >= 4 is 10.6 Å². The second-order valence-corrected chi connectivity index (χ2v) is 3.98. The van der Waals surface area contributed by atoms with Crippen LogP contribution in [0.25, 0.3) is 0 Å². The van der Waals surface area contributed by atoms with E-state index in [0.29, 0.717) is 4.90 Å². The van der Waals surface area contributed by atoms with Crippen LogP contribution in [0, 0.1) is 0 Å². The van der Waals surface area contributed by atoms with Crippen LogP contribution in [0.1, 0.15) is 0 Å². The Balaban J connectivity index is 2.86. The number of nitrogens with zero attached hydrogens (tertiary/aromatic N) is 1. The lowest BCUT2D eigenvalue weighted by Crippen LogP contribution is -2.16. The predicted molar refractivity (Wildman–Crippen MR) is 49.3 cm³/mol. The van der Waals surface area contributed by atoms with Crippen molar-refractivity contribution in [2.45, 2.75) is 11.3 Å². The standard InChI is InChI=1S/C8H8F3NO2S/c1-12-15(13)7-4-2-6(3-5-7)14-8(9,10)11/h2-5,15H,1H3. The Labute approximate surface area is 86.1 Å². The number of benzene rings is 1. The highest BCUT2D eigenvalue weighted by molar-refractivity contribution is 7.75. The average Bonchev–Trinajstić information content (AvgIpc) is 2.15. The third kappa shape index (κ3) is 3.78. The van der Waals surface area contributed by atoms with E-state index in [-0.39, 0.29) is 5.75 Å². The third-order valence-corrected chi connectivity index (χ3v) is 2.58. The van der Waals surface area contributed by atoms with E-state index in [1.165, 1.54) is 19.2 Å². The van der Waals surface area contributed by atoms with Gasteiger partial charge in [-0.1, -0.05) is 0 Å². The molecule has 0 fully saturated rings. The molecule has 0 amide bonds. The molecule has 7 heteroatoms. The van der Waals surface area contributed by atoms with Crippen molar-refractivity contribution in [2.75, 3.05) is 7.05 Å². The molecule has 15 heavy (non-hydrogen) atoms. The molecule has 0 heterocycles. The van der Waals surface area contributed by atoms with Crippen LogP contribution in [0.2, 0.25) is 0 Å². The van der Waals surface area contributed by atoms with E-state index in [1.54, 1.807) is 0 Å². The Morgan fingerprint density at radius 1 is 1.27 bits per heavy atom. The van der Waals surface area contributed by atoms with Crippen LogP contribution in [-0.2, 0) is 10.6 Å². The maximum atomic E-state index is 11.8. The highest BCUT2D eigenvalue weighted by atomic mass is 32.2. The number of halogens is 3. The first-order chi connectivity index (χ1) is 6.92. The average molecular weight is 239 g/mol. The molecule has 1 unspecified atom stereocenters. The molecule has 3 nitrogen and oxygen atoms in total. The minimum Gasteiger partial charge on any atom is -0.406 e. The second-order valence-electron chi connectivity index (χ2n) is 2.51. The first-order valence-corrected chi connectivity index (χ1v) is 5.06. The Morgan fingerprint density at radius 2 is 1.80 bits per heavy atom. The Kier molecular flexibility index (Phi) is 3.57. The minimum absolute atomic E-state index is 0.342. The van der Waals surface area contributed by atoms with Crippen molar-refractivity contribution in [3.63, 3.8) is 0 Å². The Morgan fingerprint density at radius 3 is 2.20 bits per heavy atom. The molecule has 0 radical (unpaired) electrons. The lowest BCUT2D eigenvalue weighted by molar-refractivity contribution is -0.274. The summed E-state index contributed by atoms with van der Waals surface area (Å²) in [6.45, 7) is 0. The lowest BCUT2D eigenvalue weighted by Gasteiger charge is -2.08. The summed E-state index contributed by atoms with van der Waals surface area (Å²) in [6, 6.07) is 4.77. The monoisotopic (exact) mass is 239 g/mol. The highest BCUT2D eigenvalue weighted by Crippen LogP contribution is 2.22. The van der Waals surface area contributed by atoms with Gasteiger partial charge in [-0.2, -0.15) is 0 Å². The summed E-state index contributed by atoms with van der Waals surface area (Å²) in [7, 11) is -0.507. The fourth-order valence-electron chi connectivity index (χ4n) is 0.891. The molecule has 0 bridgehead atoms. The summed E-state index contributed by atoms with van der Waals surface area (Å²) in [6.07, 6.45) is -4.71. The number of hydrogen-bond donors (Lipinski definition) is 1. The summed E-state index contributed by atoms with van der Waals surface area (Å²) < 4.78 is 53.6. The molecule has 0 aliphatic carbocycles. The van der Waals surface area contributed by atoms with Gasteiger partial charge in [0.05, 0.1) is 10.6 Å². The fraction of sp³-hybridized carbons (Fsp3) is 0.250. The number of hydrogen-bond acceptors (Lipinski definition) is 3. The number of ether oxygens (including phenoxy) is 1. The molecule has 0 aliphatic rings. The first-order valence-electron chi connectivity index (χ1n) is 3.85. The van der Waals surface area contributed by atoms with Gasteiger partial charge in [0, 0.05) is 11.9 Å². The molecule has 84 valence electrons. The molecule has 1 aromatic carbocycles. The highest BCUT2D eigenvalue weighted by Gasteiger charge is 2.30. The number of thiol groups is 1. The molecule has 0 aliphatic heterocycles. The molecule has 1 rings (SSSR count). The van der Waals surface area contributed by atoms with Gasteiger partial charge in [0.25, 0.3) is 0 Å². The molecule has 1 atom stereocenters. The van der Waals surface area contributed by atoms with Gasteiger partial charge in [-0.25, -0.2) is 8.57 Å². The number of rotatable bonds is 2. The van der Waals surface area contributed by atoms with E-state index in [9.17, 15) is 17.4 Å². The zero-order valence-corrected chi connectivity index (χ0v) is 8.55. The van der Waals surface area contributed by atoms with Crippen LogP contribution >= 0.6 is 0 Å². The van der Waals surface area contributed by atoms with E-state index in [2.05, 4.69) is 9.10 Å². The zero-order valence-electron chi connectivity index (χ0n) is 7.65. The Bertz CT molecular complexity index is 407. The molecule has 0 saturated carbocycles. The smallest absolute Gasteiger partial charge is 0.406 e. The van der Waals surface area contributed by atoms with Crippen LogP contribution < -0.4 is 4.74 Å². The van der Waals surface area contributed by atoms with Crippen LogP contribution in [0.15, 0.2) is 33.5 Å². The predicted octanol–water partition coefficient (Wildman–Crippen LogP) is 2.24. The van der Waals surface area contributed by atoms with E-state index < -0.39 is 17.0 Å². The molecular weight excluding hydrogens is 231 g/mol. The molecule has 0 aromatic heterocycles. The van der Waals surface area contributed by atoms with E-state index in [1.807, 2.05) is 0 Å². The second kappa shape index (κ2) is 4.52. The van der Waals surface area contributed by atoms with Crippen LogP contribution in [0.3, 0.4) is 0 Å². The van der Waals surface area contributed by atoms with Crippen molar-refractivity contribution < 1.29 is 22.1 Å². The largest absolute Gasteiger partial charge is 0.573 e. The summed E-state index contributed by atoms with van der Waals surface area (Å²) in [5.74, 6) is -0.342. The molecule has 1 aromatic rings. The summed E-state index contributed by atoms with van der Waals surface area (Å²) in [5.41, 5.74) is 0. The third-order valence-electron chi connectivity index (χ3n) is 1.47. The van der Waals surface area contributed by atoms with Gasteiger partial charge in [-0.3, -0.25) is 0 Å². The van der Waals surface area contributed by atoms with Gasteiger partial charge < -0.3 is 4.74 Å².